The van der Waals surface area contributed by atoms with Crippen LogP contribution in [0.15, 0.2) is 64.6 Å². The number of imide groups is 2. The molecule has 4 rings (SSSR count). The van der Waals surface area contributed by atoms with Crippen LogP contribution in [-0.2, 0) is 16.2 Å². The number of hydrogen-bond donors (Lipinski definition) is 1. The molecule has 0 aliphatic carbocycles. The maximum atomic E-state index is 13.3. The fourth-order valence-corrected chi connectivity index (χ4v) is 4.84. The third-order valence-electron chi connectivity index (χ3n) is 5.65. The van der Waals surface area contributed by atoms with Gasteiger partial charge in [0.15, 0.2) is 11.5 Å². The number of nitro groups is 1. The van der Waals surface area contributed by atoms with Crippen molar-refractivity contribution in [2.24, 2.45) is 0 Å². The number of barbiturate groups is 1. The second-order valence-corrected chi connectivity index (χ2v) is 10.4. The predicted molar refractivity (Wildman–Crippen MR) is 156 cm³/mol. The molecule has 0 saturated carbocycles. The number of ether oxygens (including phenoxy) is 2. The van der Waals surface area contributed by atoms with E-state index in [0.29, 0.717) is 38.5 Å². The average Bonchev–Trinajstić information content (AvgIpc) is 2.88. The van der Waals surface area contributed by atoms with Crippen LogP contribution in [0, 0.1) is 20.6 Å². The van der Waals surface area contributed by atoms with Gasteiger partial charge in [0.1, 0.15) is 12.2 Å². The molecule has 1 heterocycles. The van der Waals surface area contributed by atoms with E-state index in [1.54, 1.807) is 49.4 Å². The van der Waals surface area contributed by atoms with Gasteiger partial charge in [0, 0.05) is 16.6 Å². The van der Waals surface area contributed by atoms with E-state index in [1.807, 2.05) is 29.5 Å². The molecule has 3 aromatic carbocycles. The first-order valence-electron chi connectivity index (χ1n) is 11.6. The van der Waals surface area contributed by atoms with Crippen LogP contribution in [0.25, 0.3) is 6.08 Å². The van der Waals surface area contributed by atoms with Gasteiger partial charge < -0.3 is 9.47 Å². The van der Waals surface area contributed by atoms with Crippen LogP contribution in [0.5, 0.6) is 11.5 Å². The lowest BCUT2D eigenvalue weighted by molar-refractivity contribution is -0.384. The predicted octanol–water partition coefficient (Wildman–Crippen LogP) is 5.91. The van der Waals surface area contributed by atoms with Crippen LogP contribution in [0.4, 0.5) is 16.2 Å². The van der Waals surface area contributed by atoms with Gasteiger partial charge in [-0.1, -0.05) is 28.1 Å². The number of nitrogens with one attached hydrogen (secondary N) is 1. The number of carbonyl (C=O) groups excluding carboxylic acids is 3. The molecule has 4 amide bonds. The number of anilines is 1. The molecule has 0 bridgehead atoms. The molecule has 1 N–H and O–H groups in total. The van der Waals surface area contributed by atoms with Crippen LogP contribution >= 0.6 is 38.5 Å². The van der Waals surface area contributed by atoms with Crippen LogP contribution in [-0.4, -0.2) is 29.4 Å². The summed E-state index contributed by atoms with van der Waals surface area (Å²) in [4.78, 5) is 50.0. The average molecular weight is 706 g/mol. The fraction of sp³-hybridized carbons (Fsp3) is 0.148. The molecule has 39 heavy (non-hydrogen) atoms. The van der Waals surface area contributed by atoms with Crippen molar-refractivity contribution in [3.05, 3.63) is 95.0 Å². The second kappa shape index (κ2) is 11.9. The van der Waals surface area contributed by atoms with E-state index in [0.717, 1.165) is 14.9 Å². The van der Waals surface area contributed by atoms with E-state index in [2.05, 4.69) is 21.2 Å². The number of carbonyl (C=O) groups is 3. The lowest BCUT2D eigenvalue weighted by Crippen LogP contribution is -2.54. The Morgan fingerprint density at radius 1 is 1.10 bits per heavy atom. The third-order valence-corrected chi connectivity index (χ3v) is 7.34. The molecule has 1 aliphatic rings. The van der Waals surface area contributed by atoms with Crippen LogP contribution in [0.1, 0.15) is 23.6 Å². The third kappa shape index (κ3) is 6.28. The number of non-ortho nitro benzene ring substituents is 1. The SMILES string of the molecule is CCOc1cc(/C=C2\C(=O)NC(=O)N(c3ccc(Br)c(C)c3)C2=O)cc(I)c1OCc1cccc([N+](=O)[O-])c1. The first kappa shape index (κ1) is 28.2. The molecule has 0 spiro atoms. The van der Waals surface area contributed by atoms with Gasteiger partial charge in [0.2, 0.25) is 0 Å². The van der Waals surface area contributed by atoms with Gasteiger partial charge >= 0.3 is 6.03 Å². The lowest BCUT2D eigenvalue weighted by Gasteiger charge is -2.26. The highest BCUT2D eigenvalue weighted by atomic mass is 127. The highest BCUT2D eigenvalue weighted by molar-refractivity contribution is 14.1. The number of aryl methyl sites for hydroxylation is 1. The smallest absolute Gasteiger partial charge is 0.335 e. The Hall–Kier alpha value is -3.78. The zero-order valence-corrected chi connectivity index (χ0v) is 24.4. The molecule has 3 aromatic rings. The molecule has 0 unspecified atom stereocenters. The zero-order chi connectivity index (χ0) is 28.3. The number of hydrogen-bond acceptors (Lipinski definition) is 7. The Bertz CT molecular complexity index is 1540. The normalized spacial score (nSPS) is 14.4. The Balaban J connectivity index is 1.65. The summed E-state index contributed by atoms with van der Waals surface area (Å²) in [6.45, 7) is 3.99. The Morgan fingerprint density at radius 2 is 1.87 bits per heavy atom. The summed E-state index contributed by atoms with van der Waals surface area (Å²) in [5.41, 5.74) is 1.95. The number of benzene rings is 3. The summed E-state index contributed by atoms with van der Waals surface area (Å²) in [7, 11) is 0. The van der Waals surface area contributed by atoms with E-state index < -0.39 is 22.8 Å². The molecular formula is C27H21BrIN3O7. The van der Waals surface area contributed by atoms with Crippen LogP contribution < -0.4 is 19.7 Å². The number of nitro benzene ring substituents is 1. The van der Waals surface area contributed by atoms with Crippen molar-refractivity contribution in [2.75, 3.05) is 11.5 Å². The highest BCUT2D eigenvalue weighted by Crippen LogP contribution is 2.36. The van der Waals surface area contributed by atoms with Crippen molar-refractivity contribution in [3.8, 4) is 11.5 Å². The minimum Gasteiger partial charge on any atom is -0.490 e. The summed E-state index contributed by atoms with van der Waals surface area (Å²) in [5, 5.41) is 13.3. The van der Waals surface area contributed by atoms with Gasteiger partial charge in [-0.2, -0.15) is 0 Å². The highest BCUT2D eigenvalue weighted by Gasteiger charge is 2.37. The fourth-order valence-electron chi connectivity index (χ4n) is 3.82. The second-order valence-electron chi connectivity index (χ2n) is 8.37. The standard InChI is InChI=1S/C27H21BrIN3O7/c1-3-38-23-13-17(12-22(29)24(23)39-14-16-5-4-6-19(10-16)32(36)37)11-20-25(33)30-27(35)31(26(20)34)18-7-8-21(28)15(2)9-18/h4-13H,3,14H2,1-2H3,(H,30,33,35)/b20-11+. The van der Waals surface area contributed by atoms with Gasteiger partial charge in [-0.05, 0) is 89.5 Å². The summed E-state index contributed by atoms with van der Waals surface area (Å²) >= 11 is 5.44. The molecule has 0 aromatic heterocycles. The number of urea groups is 1. The molecule has 0 radical (unpaired) electrons. The van der Waals surface area contributed by atoms with Crippen molar-refractivity contribution in [2.45, 2.75) is 20.5 Å². The summed E-state index contributed by atoms with van der Waals surface area (Å²) < 4.78 is 13.2. The summed E-state index contributed by atoms with van der Waals surface area (Å²) in [5.74, 6) is -0.798. The summed E-state index contributed by atoms with van der Waals surface area (Å²) in [6.07, 6.45) is 1.39. The molecule has 0 atom stereocenters. The van der Waals surface area contributed by atoms with Gasteiger partial charge in [-0.3, -0.25) is 25.0 Å². The number of halogens is 2. The molecule has 1 fully saturated rings. The zero-order valence-electron chi connectivity index (χ0n) is 20.7. The molecule has 1 aliphatic heterocycles. The topological polar surface area (TPSA) is 128 Å². The molecular weight excluding hydrogens is 685 g/mol. The van der Waals surface area contributed by atoms with Crippen molar-refractivity contribution < 1.29 is 28.8 Å². The van der Waals surface area contributed by atoms with Gasteiger partial charge in [0.05, 0.1) is 20.8 Å². The maximum absolute atomic E-state index is 13.3. The lowest BCUT2D eigenvalue weighted by atomic mass is 10.1. The minimum atomic E-state index is -0.835. The van der Waals surface area contributed by atoms with Crippen LogP contribution in [0.2, 0.25) is 0 Å². The minimum absolute atomic E-state index is 0.0425. The first-order chi connectivity index (χ1) is 18.6. The van der Waals surface area contributed by atoms with E-state index in [-0.39, 0.29) is 17.9 Å². The Morgan fingerprint density at radius 3 is 2.56 bits per heavy atom. The van der Waals surface area contributed by atoms with E-state index in [4.69, 9.17) is 9.47 Å². The molecule has 1 saturated heterocycles. The molecule has 10 nitrogen and oxygen atoms in total. The van der Waals surface area contributed by atoms with Crippen molar-refractivity contribution in [3.63, 3.8) is 0 Å². The van der Waals surface area contributed by atoms with Crippen molar-refractivity contribution in [1.82, 2.24) is 5.32 Å². The monoisotopic (exact) mass is 705 g/mol. The largest absolute Gasteiger partial charge is 0.490 e. The number of nitrogens with zero attached hydrogens (tertiary/aromatic N) is 2. The van der Waals surface area contributed by atoms with E-state index in [9.17, 15) is 24.5 Å². The Kier molecular flexibility index (Phi) is 8.65. The number of rotatable bonds is 8. The van der Waals surface area contributed by atoms with Gasteiger partial charge in [0.25, 0.3) is 17.5 Å². The molecule has 200 valence electrons. The van der Waals surface area contributed by atoms with Crippen molar-refractivity contribution >= 4 is 73.8 Å². The van der Waals surface area contributed by atoms with E-state index in [1.165, 1.54) is 18.2 Å². The molecule has 12 heteroatoms. The Labute approximate surface area is 245 Å². The van der Waals surface area contributed by atoms with Gasteiger partial charge in [-0.15, -0.1) is 0 Å². The maximum Gasteiger partial charge on any atom is 0.335 e. The van der Waals surface area contributed by atoms with Crippen molar-refractivity contribution in [1.29, 1.82) is 0 Å². The summed E-state index contributed by atoms with van der Waals surface area (Å²) in [6, 6.07) is 13.6. The van der Waals surface area contributed by atoms with E-state index >= 15 is 0 Å². The first-order valence-corrected chi connectivity index (χ1v) is 13.5. The number of amides is 4. The quantitative estimate of drug-likeness (QED) is 0.101. The van der Waals surface area contributed by atoms with Gasteiger partial charge in [-0.25, -0.2) is 9.69 Å². The van der Waals surface area contributed by atoms with Crippen LogP contribution in [0.3, 0.4) is 0 Å².